The second kappa shape index (κ2) is 6.36. The number of sulfone groups is 1. The third-order valence-electron chi connectivity index (χ3n) is 3.29. The Labute approximate surface area is 110 Å². The van der Waals surface area contributed by atoms with E-state index in [0.717, 1.165) is 12.8 Å². The van der Waals surface area contributed by atoms with Crippen LogP contribution in [0.25, 0.3) is 0 Å². The van der Waals surface area contributed by atoms with E-state index in [-0.39, 0.29) is 17.7 Å². The number of hydrogen-bond donors (Lipinski definition) is 0. The topological polar surface area (TPSA) is 54.5 Å². The fraction of sp³-hybridized carbons (Fsp3) is 0.769. The summed E-state index contributed by atoms with van der Waals surface area (Å²) in [6.07, 6.45) is 7.98. The van der Waals surface area contributed by atoms with E-state index in [9.17, 15) is 13.2 Å². The summed E-state index contributed by atoms with van der Waals surface area (Å²) in [7, 11) is -3.05. The number of hydrogen-bond acceptors (Lipinski definition) is 3. The minimum atomic E-state index is -3.05. The van der Waals surface area contributed by atoms with Gasteiger partial charge in [-0.3, -0.25) is 4.79 Å². The first kappa shape index (κ1) is 15.2. The highest BCUT2D eigenvalue weighted by atomic mass is 32.2. The van der Waals surface area contributed by atoms with Crippen molar-refractivity contribution in [3.8, 4) is 0 Å². The molecule has 0 N–H and O–H groups in total. The van der Waals surface area contributed by atoms with Crippen molar-refractivity contribution in [2.75, 3.05) is 18.6 Å². The van der Waals surface area contributed by atoms with Crippen LogP contribution < -0.4 is 0 Å². The van der Waals surface area contributed by atoms with E-state index in [1.807, 2.05) is 6.92 Å². The molecule has 18 heavy (non-hydrogen) atoms. The minimum absolute atomic E-state index is 0.0348. The van der Waals surface area contributed by atoms with Gasteiger partial charge >= 0.3 is 0 Å². The van der Waals surface area contributed by atoms with Crippen LogP contribution in [0.3, 0.4) is 0 Å². The molecule has 104 valence electrons. The molecule has 4 nitrogen and oxygen atoms in total. The van der Waals surface area contributed by atoms with E-state index in [1.165, 1.54) is 6.26 Å². The molecule has 0 saturated carbocycles. The molecular formula is C13H23NO3S. The van der Waals surface area contributed by atoms with Crippen LogP contribution in [0, 0.1) is 5.92 Å². The van der Waals surface area contributed by atoms with Crippen molar-refractivity contribution in [2.45, 2.75) is 39.2 Å². The van der Waals surface area contributed by atoms with Crippen LogP contribution in [0.5, 0.6) is 0 Å². The quantitative estimate of drug-likeness (QED) is 0.691. The molecule has 0 fully saturated rings. The SMILES string of the molecule is CCN(C(=O)C[C@H]1C=CCC1)[C@@H](C)CS(C)(=O)=O. The first-order chi connectivity index (χ1) is 8.33. The number of rotatable bonds is 6. The van der Waals surface area contributed by atoms with Gasteiger partial charge in [0.25, 0.3) is 0 Å². The van der Waals surface area contributed by atoms with Crippen LogP contribution in [0.4, 0.5) is 0 Å². The van der Waals surface area contributed by atoms with Gasteiger partial charge in [-0.05, 0) is 32.6 Å². The first-order valence-corrected chi connectivity index (χ1v) is 8.53. The molecule has 0 unspecified atom stereocenters. The molecule has 0 heterocycles. The summed E-state index contributed by atoms with van der Waals surface area (Å²) in [6.45, 7) is 4.25. The van der Waals surface area contributed by atoms with Crippen LogP contribution in [-0.4, -0.2) is 43.8 Å². The number of nitrogens with zero attached hydrogens (tertiary/aromatic N) is 1. The monoisotopic (exact) mass is 273 g/mol. The number of carbonyl (C=O) groups excluding carboxylic acids is 1. The number of amides is 1. The standard InChI is InChI=1S/C13H23NO3S/c1-4-14(11(2)10-18(3,16)17)13(15)9-12-7-5-6-8-12/h5,7,11-12H,4,6,8-10H2,1-3H3/t11-,12-/m0/s1. The van der Waals surface area contributed by atoms with Crippen molar-refractivity contribution < 1.29 is 13.2 Å². The van der Waals surface area contributed by atoms with Crippen LogP contribution in [0.1, 0.15) is 33.1 Å². The lowest BCUT2D eigenvalue weighted by Crippen LogP contribution is -2.42. The highest BCUT2D eigenvalue weighted by Gasteiger charge is 2.24. The van der Waals surface area contributed by atoms with Gasteiger partial charge in [0.05, 0.1) is 5.75 Å². The van der Waals surface area contributed by atoms with Crippen molar-refractivity contribution in [1.29, 1.82) is 0 Å². The Bertz CT molecular complexity index is 414. The van der Waals surface area contributed by atoms with E-state index < -0.39 is 9.84 Å². The van der Waals surface area contributed by atoms with E-state index in [1.54, 1.807) is 11.8 Å². The average Bonchev–Trinajstić information content (AvgIpc) is 2.68. The van der Waals surface area contributed by atoms with Crippen molar-refractivity contribution >= 4 is 15.7 Å². The van der Waals surface area contributed by atoms with Gasteiger partial charge in [-0.2, -0.15) is 0 Å². The summed E-state index contributed by atoms with van der Waals surface area (Å²) < 4.78 is 22.6. The molecule has 5 heteroatoms. The molecule has 0 saturated heterocycles. The fourth-order valence-electron chi connectivity index (χ4n) is 2.47. The van der Waals surface area contributed by atoms with Crippen LogP contribution in [0.15, 0.2) is 12.2 Å². The molecule has 0 aromatic rings. The van der Waals surface area contributed by atoms with Crippen molar-refractivity contribution in [3.63, 3.8) is 0 Å². The Morgan fingerprint density at radius 3 is 2.61 bits per heavy atom. The second-order valence-electron chi connectivity index (χ2n) is 5.09. The Morgan fingerprint density at radius 1 is 1.50 bits per heavy atom. The van der Waals surface area contributed by atoms with Crippen LogP contribution in [0.2, 0.25) is 0 Å². The Kier molecular flexibility index (Phi) is 5.38. The van der Waals surface area contributed by atoms with Crippen molar-refractivity contribution in [3.05, 3.63) is 12.2 Å². The van der Waals surface area contributed by atoms with Gasteiger partial charge in [0.1, 0.15) is 9.84 Å². The zero-order chi connectivity index (χ0) is 13.8. The van der Waals surface area contributed by atoms with E-state index in [2.05, 4.69) is 12.2 Å². The summed E-state index contributed by atoms with van der Waals surface area (Å²) in [5.41, 5.74) is 0. The smallest absolute Gasteiger partial charge is 0.223 e. The Morgan fingerprint density at radius 2 is 2.17 bits per heavy atom. The van der Waals surface area contributed by atoms with Gasteiger partial charge < -0.3 is 4.90 Å². The fourth-order valence-corrected chi connectivity index (χ4v) is 3.53. The molecule has 0 radical (unpaired) electrons. The normalized spacial score (nSPS) is 20.9. The maximum atomic E-state index is 12.2. The van der Waals surface area contributed by atoms with Gasteiger partial charge in [-0.25, -0.2) is 8.42 Å². The van der Waals surface area contributed by atoms with E-state index >= 15 is 0 Å². The molecule has 1 amide bonds. The number of carbonyl (C=O) groups is 1. The molecule has 2 atom stereocenters. The molecular weight excluding hydrogens is 250 g/mol. The third-order valence-corrected chi connectivity index (χ3v) is 4.37. The highest BCUT2D eigenvalue weighted by Crippen LogP contribution is 2.21. The molecule has 0 spiro atoms. The third kappa shape index (κ3) is 4.80. The largest absolute Gasteiger partial charge is 0.339 e. The second-order valence-corrected chi connectivity index (χ2v) is 7.28. The zero-order valence-corrected chi connectivity index (χ0v) is 12.2. The molecule has 1 aliphatic carbocycles. The van der Waals surface area contributed by atoms with Crippen LogP contribution >= 0.6 is 0 Å². The summed E-state index contributed by atoms with van der Waals surface area (Å²) in [5.74, 6) is 0.426. The van der Waals surface area contributed by atoms with E-state index in [0.29, 0.717) is 18.9 Å². The molecule has 1 aliphatic rings. The van der Waals surface area contributed by atoms with Gasteiger partial charge in [0.2, 0.25) is 5.91 Å². The average molecular weight is 273 g/mol. The van der Waals surface area contributed by atoms with E-state index in [4.69, 9.17) is 0 Å². The van der Waals surface area contributed by atoms with Gasteiger partial charge in [0.15, 0.2) is 0 Å². The van der Waals surface area contributed by atoms with Gasteiger partial charge in [-0.15, -0.1) is 0 Å². The summed E-state index contributed by atoms with van der Waals surface area (Å²) in [4.78, 5) is 13.8. The molecule has 1 rings (SSSR count). The summed E-state index contributed by atoms with van der Waals surface area (Å²) in [6, 6.07) is -0.247. The minimum Gasteiger partial charge on any atom is -0.339 e. The van der Waals surface area contributed by atoms with Gasteiger partial charge in [-0.1, -0.05) is 12.2 Å². The highest BCUT2D eigenvalue weighted by molar-refractivity contribution is 7.90. The Balaban J connectivity index is 2.58. The number of allylic oxidation sites excluding steroid dienone is 2. The summed E-state index contributed by atoms with van der Waals surface area (Å²) >= 11 is 0. The predicted molar refractivity (Wildman–Crippen MR) is 73.0 cm³/mol. The van der Waals surface area contributed by atoms with Crippen LogP contribution in [-0.2, 0) is 14.6 Å². The molecule has 0 bridgehead atoms. The molecule has 0 aromatic heterocycles. The lowest BCUT2D eigenvalue weighted by molar-refractivity contribution is -0.133. The molecule has 0 aromatic carbocycles. The zero-order valence-electron chi connectivity index (χ0n) is 11.4. The van der Waals surface area contributed by atoms with Gasteiger partial charge in [0, 0.05) is 25.3 Å². The first-order valence-electron chi connectivity index (χ1n) is 6.47. The predicted octanol–water partition coefficient (Wildman–Crippen LogP) is 1.62. The molecule has 0 aliphatic heterocycles. The lowest BCUT2D eigenvalue weighted by Gasteiger charge is -2.28. The maximum absolute atomic E-state index is 12.2. The Hall–Kier alpha value is -0.840. The maximum Gasteiger partial charge on any atom is 0.223 e. The van der Waals surface area contributed by atoms with Crippen molar-refractivity contribution in [1.82, 2.24) is 4.90 Å². The summed E-state index contributed by atoms with van der Waals surface area (Å²) in [5, 5.41) is 0. The lowest BCUT2D eigenvalue weighted by atomic mass is 10.0. The van der Waals surface area contributed by atoms with Crippen molar-refractivity contribution in [2.24, 2.45) is 5.92 Å².